The third kappa shape index (κ3) is 3.56. The first kappa shape index (κ1) is 12.6. The highest BCUT2D eigenvalue weighted by Crippen LogP contribution is 2.13. The minimum Gasteiger partial charge on any atom is -0.289 e. The molecule has 0 aliphatic rings. The average Bonchev–Trinajstić information content (AvgIpc) is 2.47. The molecule has 0 heterocycles. The molecule has 19 heavy (non-hydrogen) atoms. The van der Waals surface area contributed by atoms with Crippen LogP contribution >= 0.6 is 0 Å². The van der Waals surface area contributed by atoms with Crippen molar-refractivity contribution in [2.75, 3.05) is 0 Å². The molecule has 0 saturated carbocycles. The van der Waals surface area contributed by atoms with Crippen molar-refractivity contribution >= 4 is 17.5 Å². The van der Waals surface area contributed by atoms with Crippen LogP contribution in [0.2, 0.25) is 0 Å². The van der Waals surface area contributed by atoms with E-state index < -0.39 is 0 Å². The summed E-state index contributed by atoms with van der Waals surface area (Å²) in [5.74, 6) is -0.0319. The van der Waals surface area contributed by atoms with Crippen molar-refractivity contribution < 1.29 is 4.79 Å². The fraction of sp³-hybridized carbons (Fsp3) is 0. The van der Waals surface area contributed by atoms with Crippen LogP contribution in [0.5, 0.6) is 0 Å². The number of carbonyl (C=O) groups is 1. The van der Waals surface area contributed by atoms with Crippen molar-refractivity contribution in [1.29, 1.82) is 5.53 Å². The van der Waals surface area contributed by atoms with Gasteiger partial charge < -0.3 is 0 Å². The molecule has 2 rings (SSSR count). The smallest absolute Gasteiger partial charge is 0.220 e. The monoisotopic (exact) mass is 250 g/mol. The van der Waals surface area contributed by atoms with Crippen molar-refractivity contribution in [2.45, 2.75) is 0 Å². The Kier molecular flexibility index (Phi) is 4.11. The van der Waals surface area contributed by atoms with Crippen LogP contribution < -0.4 is 4.91 Å². The Balaban J connectivity index is 2.10. The number of nitrogens with one attached hydrogen (secondary N) is 1. The Morgan fingerprint density at radius 1 is 1.05 bits per heavy atom. The number of benzene rings is 2. The van der Waals surface area contributed by atoms with E-state index in [-0.39, 0.29) is 5.78 Å². The summed E-state index contributed by atoms with van der Waals surface area (Å²) in [5.41, 5.74) is 8.80. The quantitative estimate of drug-likeness (QED) is 0.381. The molecule has 0 radical (unpaired) electrons. The molecule has 0 aliphatic heterocycles. The number of carbonyl (C=O) groups excluding carboxylic acids is 1. The van der Waals surface area contributed by atoms with Crippen molar-refractivity contribution in [3.63, 3.8) is 0 Å². The summed E-state index contributed by atoms with van der Waals surface area (Å²) >= 11 is 0. The number of allylic oxidation sites excluding steroid dienone is 1. The molecule has 0 unspecified atom stereocenters. The minimum absolute atomic E-state index is 0.0319. The maximum Gasteiger partial charge on any atom is 0.220 e. The lowest BCUT2D eigenvalue weighted by Crippen LogP contribution is -1.92. The normalized spacial score (nSPS) is 10.1. The van der Waals surface area contributed by atoms with Crippen molar-refractivity contribution in [1.82, 2.24) is 4.91 Å². The minimum atomic E-state index is -0.0319. The first-order valence-electron chi connectivity index (χ1n) is 5.74. The largest absolute Gasteiger partial charge is 0.289 e. The molecular weight excluding hydrogens is 238 g/mol. The van der Waals surface area contributed by atoms with Gasteiger partial charge in [0.2, 0.25) is 4.91 Å². The topological polar surface area (TPSA) is 67.4 Å². The Morgan fingerprint density at radius 3 is 2.37 bits per heavy atom. The van der Waals surface area contributed by atoms with E-state index in [9.17, 15) is 4.79 Å². The Morgan fingerprint density at radius 2 is 1.74 bits per heavy atom. The van der Waals surface area contributed by atoms with Crippen LogP contribution in [0, 0.1) is 5.53 Å². The van der Waals surface area contributed by atoms with E-state index in [0.717, 1.165) is 5.56 Å². The molecule has 0 amide bonds. The van der Waals surface area contributed by atoms with Gasteiger partial charge in [-0.2, -0.15) is 0 Å². The Bertz CT molecular complexity index is 639. The third-order valence-electron chi connectivity index (χ3n) is 2.54. The van der Waals surface area contributed by atoms with Crippen LogP contribution in [-0.2, 0) is 0 Å². The molecule has 4 heteroatoms. The lowest BCUT2D eigenvalue weighted by atomic mass is 10.1. The van der Waals surface area contributed by atoms with Gasteiger partial charge in [-0.05, 0) is 23.8 Å². The lowest BCUT2D eigenvalue weighted by molar-refractivity contribution is 0.104. The van der Waals surface area contributed by atoms with Gasteiger partial charge in [0.25, 0.3) is 0 Å². The van der Waals surface area contributed by atoms with Gasteiger partial charge in [-0.25, -0.2) is 0 Å². The van der Waals surface area contributed by atoms with E-state index in [1.54, 1.807) is 30.3 Å². The van der Waals surface area contributed by atoms with Gasteiger partial charge in [-0.3, -0.25) is 4.79 Å². The molecule has 0 aromatic heterocycles. The molecule has 0 fully saturated rings. The van der Waals surface area contributed by atoms with Crippen LogP contribution in [0.3, 0.4) is 0 Å². The van der Waals surface area contributed by atoms with Gasteiger partial charge in [0.05, 0.1) is 0 Å². The maximum atomic E-state index is 11.8. The molecule has 92 valence electrons. The standard InChI is InChI=1S/C15H12N3O/c16-18-17-14-9-6-12(7-10-14)8-11-15(19)13-4-2-1-3-5-13/h1-11,16H/q+1/b11-8+. The maximum absolute atomic E-state index is 11.8. The molecule has 0 saturated heterocycles. The first-order valence-corrected chi connectivity index (χ1v) is 5.74. The summed E-state index contributed by atoms with van der Waals surface area (Å²) in [6, 6.07) is 16.2. The second kappa shape index (κ2) is 6.19. The predicted molar refractivity (Wildman–Crippen MR) is 73.2 cm³/mol. The van der Waals surface area contributed by atoms with Gasteiger partial charge in [0.15, 0.2) is 16.6 Å². The van der Waals surface area contributed by atoms with Gasteiger partial charge in [0.1, 0.15) is 5.53 Å². The molecular formula is C15H12N3O+. The molecule has 0 atom stereocenters. The van der Waals surface area contributed by atoms with Crippen LogP contribution in [0.4, 0.5) is 5.69 Å². The highest BCUT2D eigenvalue weighted by molar-refractivity contribution is 6.06. The van der Waals surface area contributed by atoms with E-state index in [4.69, 9.17) is 5.53 Å². The lowest BCUT2D eigenvalue weighted by Gasteiger charge is -1.95. The highest BCUT2D eigenvalue weighted by atomic mass is 16.1. The predicted octanol–water partition coefficient (Wildman–Crippen LogP) is 3.76. The number of hydrogen-bond acceptors (Lipinski definition) is 3. The van der Waals surface area contributed by atoms with Gasteiger partial charge in [0, 0.05) is 5.56 Å². The fourth-order valence-corrected chi connectivity index (χ4v) is 1.58. The van der Waals surface area contributed by atoms with Crippen LogP contribution in [0.25, 0.3) is 6.08 Å². The summed E-state index contributed by atoms with van der Waals surface area (Å²) in [6.45, 7) is 0. The number of ketones is 1. The Labute approximate surface area is 110 Å². The zero-order valence-electron chi connectivity index (χ0n) is 10.2. The number of nitrogens with zero attached hydrogens (tertiary/aromatic N) is 2. The summed E-state index contributed by atoms with van der Waals surface area (Å²) in [7, 11) is 0. The van der Waals surface area contributed by atoms with Gasteiger partial charge in [-0.15, -0.1) is 0 Å². The third-order valence-corrected chi connectivity index (χ3v) is 2.54. The number of rotatable bonds is 4. The molecule has 2 aromatic carbocycles. The second-order valence-electron chi connectivity index (χ2n) is 3.86. The van der Waals surface area contributed by atoms with Crippen molar-refractivity contribution in [3.05, 3.63) is 71.8 Å². The second-order valence-corrected chi connectivity index (χ2v) is 3.86. The Hall–Kier alpha value is -2.84. The molecule has 0 bridgehead atoms. The van der Waals surface area contributed by atoms with Crippen LogP contribution in [0.15, 0.2) is 65.8 Å². The van der Waals surface area contributed by atoms with E-state index in [2.05, 4.69) is 10.0 Å². The SMILES string of the molecule is N=[N+]=Nc1ccc(/C=C/C(=O)c2ccccc2)cc1. The summed E-state index contributed by atoms with van der Waals surface area (Å²) < 4.78 is 0. The zero-order valence-corrected chi connectivity index (χ0v) is 10.2. The van der Waals surface area contributed by atoms with Crippen molar-refractivity contribution in [3.8, 4) is 0 Å². The molecule has 1 N–H and O–H groups in total. The van der Waals surface area contributed by atoms with E-state index in [0.29, 0.717) is 11.3 Å². The summed E-state index contributed by atoms with van der Waals surface area (Å²) in [4.78, 5) is 14.8. The summed E-state index contributed by atoms with van der Waals surface area (Å²) in [6.07, 6.45) is 3.29. The fourth-order valence-electron chi connectivity index (χ4n) is 1.58. The molecule has 0 aliphatic carbocycles. The highest BCUT2D eigenvalue weighted by Gasteiger charge is 1.99. The van der Waals surface area contributed by atoms with E-state index >= 15 is 0 Å². The summed E-state index contributed by atoms with van der Waals surface area (Å²) in [5, 5.41) is 3.59. The van der Waals surface area contributed by atoms with Gasteiger partial charge in [-0.1, -0.05) is 48.5 Å². The number of hydrogen-bond donors (Lipinski definition) is 1. The van der Waals surface area contributed by atoms with Crippen LogP contribution in [0.1, 0.15) is 15.9 Å². The van der Waals surface area contributed by atoms with Crippen molar-refractivity contribution in [2.24, 2.45) is 5.11 Å². The molecule has 2 aromatic rings. The zero-order chi connectivity index (χ0) is 13.5. The molecule has 0 spiro atoms. The first-order chi connectivity index (χ1) is 9.29. The van der Waals surface area contributed by atoms with Gasteiger partial charge >= 0.3 is 0 Å². The average molecular weight is 250 g/mol. The van der Waals surface area contributed by atoms with E-state index in [1.165, 1.54) is 6.08 Å². The van der Waals surface area contributed by atoms with Crippen LogP contribution in [-0.4, -0.2) is 5.78 Å². The van der Waals surface area contributed by atoms with E-state index in [1.807, 2.05) is 30.3 Å². The molecule has 4 nitrogen and oxygen atoms in total.